The van der Waals surface area contributed by atoms with E-state index in [2.05, 4.69) is 14.7 Å². The molecule has 0 aliphatic rings. The summed E-state index contributed by atoms with van der Waals surface area (Å²) in [6.45, 7) is 0.0536. The molecule has 0 amide bonds. The van der Waals surface area contributed by atoms with Crippen LogP contribution < -0.4 is 14.2 Å². The average molecular weight is 436 g/mol. The number of benzene rings is 2. The third-order valence-electron chi connectivity index (χ3n) is 4.21. The standard InChI is InChI=1S/C22H20N4O4S/c27-31(28,15-14-29-19-6-2-1-3-7-19)25-18-8-10-20(11-9-18)30-22-16-21(23-17-24-22)26-12-4-5-13-26/h1-13,16-17,25H,14-15H2. The van der Waals surface area contributed by atoms with Crippen LogP contribution >= 0.6 is 0 Å². The molecule has 0 unspecified atom stereocenters. The van der Waals surface area contributed by atoms with Crippen LogP contribution in [-0.2, 0) is 10.0 Å². The molecule has 0 radical (unpaired) electrons. The molecule has 31 heavy (non-hydrogen) atoms. The monoisotopic (exact) mass is 436 g/mol. The second kappa shape index (κ2) is 9.31. The Morgan fingerprint density at radius 1 is 0.871 bits per heavy atom. The number of anilines is 1. The molecule has 2 aromatic heterocycles. The maximum Gasteiger partial charge on any atom is 0.236 e. The van der Waals surface area contributed by atoms with Crippen LogP contribution in [0.3, 0.4) is 0 Å². The molecular weight excluding hydrogens is 416 g/mol. The Balaban J connectivity index is 1.33. The van der Waals surface area contributed by atoms with Gasteiger partial charge in [0, 0.05) is 24.1 Å². The predicted molar refractivity (Wildman–Crippen MR) is 117 cm³/mol. The van der Waals surface area contributed by atoms with Gasteiger partial charge in [-0.1, -0.05) is 18.2 Å². The van der Waals surface area contributed by atoms with Crippen molar-refractivity contribution in [3.63, 3.8) is 0 Å². The molecular formula is C22H20N4O4S. The van der Waals surface area contributed by atoms with E-state index in [4.69, 9.17) is 9.47 Å². The van der Waals surface area contributed by atoms with Crippen molar-refractivity contribution in [2.45, 2.75) is 0 Å². The van der Waals surface area contributed by atoms with Crippen LogP contribution in [0, 0.1) is 0 Å². The highest BCUT2D eigenvalue weighted by Crippen LogP contribution is 2.23. The molecule has 4 aromatic rings. The van der Waals surface area contributed by atoms with Gasteiger partial charge in [-0.15, -0.1) is 0 Å². The van der Waals surface area contributed by atoms with E-state index in [-0.39, 0.29) is 12.4 Å². The number of rotatable bonds is 9. The normalized spacial score (nSPS) is 11.1. The van der Waals surface area contributed by atoms with Gasteiger partial charge in [-0.2, -0.15) is 0 Å². The van der Waals surface area contributed by atoms with Gasteiger partial charge in [-0.25, -0.2) is 18.4 Å². The first-order valence-electron chi connectivity index (χ1n) is 9.49. The molecule has 0 saturated heterocycles. The van der Waals surface area contributed by atoms with Crippen LogP contribution in [0.15, 0.2) is 91.5 Å². The summed E-state index contributed by atoms with van der Waals surface area (Å²) in [6.07, 6.45) is 5.17. The quantitative estimate of drug-likeness (QED) is 0.428. The molecule has 8 nitrogen and oxygen atoms in total. The molecule has 2 heterocycles. The molecule has 158 valence electrons. The summed E-state index contributed by atoms with van der Waals surface area (Å²) in [4.78, 5) is 8.32. The summed E-state index contributed by atoms with van der Waals surface area (Å²) in [6, 6.07) is 21.2. The van der Waals surface area contributed by atoms with Crippen LogP contribution in [0.25, 0.3) is 5.82 Å². The van der Waals surface area contributed by atoms with Crippen molar-refractivity contribution >= 4 is 15.7 Å². The average Bonchev–Trinajstić information content (AvgIpc) is 3.31. The predicted octanol–water partition coefficient (Wildman–Crippen LogP) is 3.88. The molecule has 4 rings (SSSR count). The zero-order chi connectivity index (χ0) is 21.5. The summed E-state index contributed by atoms with van der Waals surface area (Å²) in [5.74, 6) is 2.04. The van der Waals surface area contributed by atoms with E-state index in [1.807, 2.05) is 47.3 Å². The molecule has 0 bridgehead atoms. The zero-order valence-corrected chi connectivity index (χ0v) is 17.3. The molecule has 9 heteroatoms. The maximum atomic E-state index is 12.3. The summed E-state index contributed by atoms with van der Waals surface area (Å²) in [5.41, 5.74) is 0.433. The maximum absolute atomic E-state index is 12.3. The smallest absolute Gasteiger partial charge is 0.236 e. The Labute approximate surface area is 180 Å². The van der Waals surface area contributed by atoms with E-state index in [0.717, 1.165) is 0 Å². The lowest BCUT2D eigenvalue weighted by molar-refractivity contribution is 0.341. The molecule has 2 aromatic carbocycles. The summed E-state index contributed by atoms with van der Waals surface area (Å²) < 4.78 is 40.1. The van der Waals surface area contributed by atoms with Crippen LogP contribution in [0.5, 0.6) is 17.4 Å². The molecule has 0 saturated carbocycles. The molecule has 0 aliphatic carbocycles. The fraction of sp³-hybridized carbons (Fsp3) is 0.0909. The van der Waals surface area contributed by atoms with E-state index in [1.54, 1.807) is 42.5 Å². The minimum Gasteiger partial charge on any atom is -0.492 e. The minimum absolute atomic E-state index is 0.0536. The lowest BCUT2D eigenvalue weighted by Crippen LogP contribution is -2.21. The van der Waals surface area contributed by atoms with Gasteiger partial charge in [0.25, 0.3) is 0 Å². The van der Waals surface area contributed by atoms with Crippen molar-refractivity contribution < 1.29 is 17.9 Å². The van der Waals surface area contributed by atoms with Crippen molar-refractivity contribution in [2.24, 2.45) is 0 Å². The van der Waals surface area contributed by atoms with Gasteiger partial charge in [0.15, 0.2) is 0 Å². The first-order chi connectivity index (χ1) is 15.1. The van der Waals surface area contributed by atoms with E-state index in [1.165, 1.54) is 6.33 Å². The number of ether oxygens (including phenoxy) is 2. The molecule has 0 fully saturated rings. The highest BCUT2D eigenvalue weighted by atomic mass is 32.2. The number of para-hydroxylation sites is 1. The zero-order valence-electron chi connectivity index (χ0n) is 16.5. The Bertz CT molecular complexity index is 1210. The number of hydrogen-bond donors (Lipinski definition) is 1. The number of nitrogens with one attached hydrogen (secondary N) is 1. The van der Waals surface area contributed by atoms with Crippen molar-refractivity contribution in [2.75, 3.05) is 17.1 Å². The molecule has 0 aliphatic heterocycles. The Morgan fingerprint density at radius 2 is 1.61 bits per heavy atom. The number of sulfonamides is 1. The molecule has 0 spiro atoms. The van der Waals surface area contributed by atoms with Crippen molar-refractivity contribution in [3.8, 4) is 23.2 Å². The van der Waals surface area contributed by atoms with E-state index in [9.17, 15) is 8.42 Å². The van der Waals surface area contributed by atoms with Crippen LogP contribution in [0.2, 0.25) is 0 Å². The van der Waals surface area contributed by atoms with Crippen molar-refractivity contribution in [3.05, 3.63) is 91.5 Å². The summed E-state index contributed by atoms with van der Waals surface area (Å²) in [5, 5.41) is 0. The van der Waals surface area contributed by atoms with Crippen LogP contribution in [0.4, 0.5) is 5.69 Å². The number of aromatic nitrogens is 3. The van der Waals surface area contributed by atoms with E-state index >= 15 is 0 Å². The summed E-state index contributed by atoms with van der Waals surface area (Å²) >= 11 is 0. The van der Waals surface area contributed by atoms with Crippen LogP contribution in [0.1, 0.15) is 0 Å². The van der Waals surface area contributed by atoms with Gasteiger partial charge in [0.1, 0.15) is 36.0 Å². The first-order valence-corrected chi connectivity index (χ1v) is 11.1. The third kappa shape index (κ3) is 5.83. The number of hydrogen-bond acceptors (Lipinski definition) is 6. The van der Waals surface area contributed by atoms with Gasteiger partial charge in [0.05, 0.1) is 0 Å². The van der Waals surface area contributed by atoms with Crippen molar-refractivity contribution in [1.29, 1.82) is 0 Å². The van der Waals surface area contributed by atoms with E-state index in [0.29, 0.717) is 28.9 Å². The second-order valence-electron chi connectivity index (χ2n) is 6.51. The summed E-state index contributed by atoms with van der Waals surface area (Å²) in [7, 11) is -3.55. The topological polar surface area (TPSA) is 95.3 Å². The Kier molecular flexibility index (Phi) is 6.13. The lowest BCUT2D eigenvalue weighted by Gasteiger charge is -2.10. The van der Waals surface area contributed by atoms with E-state index < -0.39 is 10.0 Å². The van der Waals surface area contributed by atoms with Crippen molar-refractivity contribution in [1.82, 2.24) is 14.5 Å². The molecule has 1 N–H and O–H groups in total. The van der Waals surface area contributed by atoms with Gasteiger partial charge in [-0.3, -0.25) is 4.72 Å². The minimum atomic E-state index is -3.55. The second-order valence-corrected chi connectivity index (χ2v) is 8.36. The Morgan fingerprint density at radius 3 is 2.35 bits per heavy atom. The highest BCUT2D eigenvalue weighted by Gasteiger charge is 2.11. The fourth-order valence-electron chi connectivity index (χ4n) is 2.74. The van der Waals surface area contributed by atoms with Gasteiger partial charge in [0.2, 0.25) is 15.9 Å². The Hall–Kier alpha value is -3.85. The largest absolute Gasteiger partial charge is 0.492 e. The third-order valence-corrected chi connectivity index (χ3v) is 5.46. The SMILES string of the molecule is O=S(=O)(CCOc1ccccc1)Nc1ccc(Oc2cc(-n3cccc3)ncn2)cc1. The number of nitrogens with zero attached hydrogens (tertiary/aromatic N) is 3. The fourth-order valence-corrected chi connectivity index (χ4v) is 3.64. The van der Waals surface area contributed by atoms with Crippen LogP contribution in [-0.4, -0.2) is 35.3 Å². The molecule has 0 atom stereocenters. The van der Waals surface area contributed by atoms with Gasteiger partial charge < -0.3 is 14.0 Å². The van der Waals surface area contributed by atoms with Gasteiger partial charge in [-0.05, 0) is 48.5 Å². The van der Waals surface area contributed by atoms with Gasteiger partial charge >= 0.3 is 0 Å². The lowest BCUT2D eigenvalue weighted by atomic mass is 10.3. The first kappa shape index (κ1) is 20.4. The highest BCUT2D eigenvalue weighted by molar-refractivity contribution is 7.92.